The van der Waals surface area contributed by atoms with Gasteiger partial charge in [0.1, 0.15) is 0 Å². The number of alkyl halides is 5. The van der Waals surface area contributed by atoms with Gasteiger partial charge >= 0.3 is 12.5 Å². The van der Waals surface area contributed by atoms with Crippen molar-refractivity contribution in [3.05, 3.63) is 65.0 Å². The Morgan fingerprint density at radius 2 is 1.91 bits per heavy atom. The van der Waals surface area contributed by atoms with Crippen LogP contribution in [0.5, 0.6) is 11.5 Å². The fraction of sp³-hybridized carbons (Fsp3) is 0.348. The molecule has 3 aromatic rings. The zero-order valence-corrected chi connectivity index (χ0v) is 18.6. The number of ether oxygens (including phenoxy) is 2. The molecule has 0 spiro atoms. The molecule has 2 atom stereocenters. The second kappa shape index (κ2) is 8.16. The summed E-state index contributed by atoms with van der Waals surface area (Å²) in [6, 6.07) is 11.4. The Kier molecular flexibility index (Phi) is 5.51. The summed E-state index contributed by atoms with van der Waals surface area (Å²) in [5.41, 5.74) is 0.349. The number of hydrogen-bond donors (Lipinski definition) is 1. The molecule has 0 radical (unpaired) electrons. The topological polar surface area (TPSA) is 56.5 Å². The summed E-state index contributed by atoms with van der Waals surface area (Å²) in [5.74, 6) is -0.101. The predicted octanol–water partition coefficient (Wildman–Crippen LogP) is 6.44. The number of halogens is 5. The van der Waals surface area contributed by atoms with Gasteiger partial charge in [0.2, 0.25) is 0 Å². The van der Waals surface area contributed by atoms with Gasteiger partial charge in [0.25, 0.3) is 0 Å². The third-order valence-corrected chi connectivity index (χ3v) is 6.93. The Hall–Kier alpha value is -2.79. The molecule has 1 aromatic heterocycles. The Balaban J connectivity index is 1.44. The summed E-state index contributed by atoms with van der Waals surface area (Å²) in [4.78, 5) is 0.733. The van der Waals surface area contributed by atoms with E-state index in [1.54, 1.807) is 30.3 Å². The second-order valence-corrected chi connectivity index (χ2v) is 9.58. The molecule has 5 nitrogen and oxygen atoms in total. The van der Waals surface area contributed by atoms with Gasteiger partial charge in [-0.25, -0.2) is 4.68 Å². The van der Waals surface area contributed by atoms with Crippen LogP contribution in [0.25, 0.3) is 5.69 Å². The number of benzene rings is 2. The molecule has 0 saturated heterocycles. The number of aliphatic hydroxyl groups excluding tert-OH is 1. The van der Waals surface area contributed by atoms with Crippen LogP contribution in [0.15, 0.2) is 47.4 Å². The quantitative estimate of drug-likeness (QED) is 0.332. The molecule has 2 unspecified atom stereocenters. The zero-order valence-electron chi connectivity index (χ0n) is 17.8. The summed E-state index contributed by atoms with van der Waals surface area (Å²) >= 11 is 1.39. The summed E-state index contributed by atoms with van der Waals surface area (Å²) in [6.07, 6.45) is -8.33. The standard InChI is InChI=1S/C23H19F5N2O3S/c1-12(13-8-9-18-19(10-13)33-23(27,28)32-18)34-15-5-2-4-14(11-15)30-20-16(6-3-7-17(20)31)21(29-30)22(24,25)26/h2,4-5,8-12,17,31H,3,6-7H2,1H3. The average Bonchev–Trinajstić information content (AvgIpc) is 3.30. The van der Waals surface area contributed by atoms with Gasteiger partial charge in [-0.2, -0.15) is 18.3 Å². The van der Waals surface area contributed by atoms with E-state index in [-0.39, 0.29) is 34.4 Å². The number of fused-ring (bicyclic) bond motifs is 2. The largest absolute Gasteiger partial charge is 0.586 e. The van der Waals surface area contributed by atoms with Crippen molar-refractivity contribution < 1.29 is 36.5 Å². The Labute approximate surface area is 195 Å². The van der Waals surface area contributed by atoms with Crippen LogP contribution in [0.1, 0.15) is 53.6 Å². The molecule has 1 N–H and O–H groups in total. The number of thioether (sulfide) groups is 1. The van der Waals surface area contributed by atoms with Gasteiger partial charge in [-0.15, -0.1) is 20.5 Å². The molecule has 0 saturated carbocycles. The molecule has 2 aliphatic rings. The summed E-state index contributed by atoms with van der Waals surface area (Å²) in [7, 11) is 0. The predicted molar refractivity (Wildman–Crippen MR) is 113 cm³/mol. The van der Waals surface area contributed by atoms with Crippen LogP contribution in [0.4, 0.5) is 22.0 Å². The zero-order chi connectivity index (χ0) is 24.3. The lowest BCUT2D eigenvalue weighted by molar-refractivity contribution is -0.286. The smallest absolute Gasteiger partial charge is 0.395 e. The molecule has 2 aromatic carbocycles. The van der Waals surface area contributed by atoms with Crippen LogP contribution < -0.4 is 9.47 Å². The lowest BCUT2D eigenvalue weighted by atomic mass is 9.93. The highest BCUT2D eigenvalue weighted by atomic mass is 32.2. The minimum absolute atomic E-state index is 0.0369. The molecular formula is C23H19F5N2O3S. The molecular weight excluding hydrogens is 479 g/mol. The third-order valence-electron chi connectivity index (χ3n) is 5.78. The highest BCUT2D eigenvalue weighted by Crippen LogP contribution is 2.45. The minimum Gasteiger partial charge on any atom is -0.395 e. The Bertz CT molecular complexity index is 1240. The highest BCUT2D eigenvalue weighted by molar-refractivity contribution is 7.99. The number of nitrogens with zero attached hydrogens (tertiary/aromatic N) is 2. The Morgan fingerprint density at radius 3 is 2.68 bits per heavy atom. The van der Waals surface area contributed by atoms with E-state index < -0.39 is 24.3 Å². The monoisotopic (exact) mass is 498 g/mol. The van der Waals surface area contributed by atoms with E-state index in [0.29, 0.717) is 24.1 Å². The van der Waals surface area contributed by atoms with Crippen molar-refractivity contribution in [2.45, 2.75) is 54.9 Å². The van der Waals surface area contributed by atoms with Crippen LogP contribution in [0, 0.1) is 0 Å². The second-order valence-electron chi connectivity index (χ2n) is 8.16. The molecule has 1 aliphatic carbocycles. The Morgan fingerprint density at radius 1 is 1.15 bits per heavy atom. The van der Waals surface area contributed by atoms with Crippen LogP contribution in [0.2, 0.25) is 0 Å². The average molecular weight is 498 g/mol. The summed E-state index contributed by atoms with van der Waals surface area (Å²) < 4.78 is 77.5. The first-order valence-corrected chi connectivity index (χ1v) is 11.4. The molecule has 2 heterocycles. The van der Waals surface area contributed by atoms with E-state index in [2.05, 4.69) is 14.6 Å². The number of aliphatic hydroxyl groups is 1. The van der Waals surface area contributed by atoms with Gasteiger partial charge in [0, 0.05) is 15.7 Å². The molecule has 5 rings (SSSR count). The molecule has 180 valence electrons. The number of rotatable bonds is 4. The van der Waals surface area contributed by atoms with E-state index in [4.69, 9.17) is 0 Å². The van der Waals surface area contributed by atoms with Crippen molar-refractivity contribution >= 4 is 11.8 Å². The van der Waals surface area contributed by atoms with Crippen LogP contribution >= 0.6 is 11.8 Å². The maximum Gasteiger partial charge on any atom is 0.586 e. The van der Waals surface area contributed by atoms with E-state index in [9.17, 15) is 27.1 Å². The van der Waals surface area contributed by atoms with Crippen molar-refractivity contribution in [2.75, 3.05) is 0 Å². The van der Waals surface area contributed by atoms with Gasteiger partial charge in [-0.3, -0.25) is 0 Å². The summed E-state index contributed by atoms with van der Waals surface area (Å²) in [6.45, 7) is 1.87. The number of aromatic nitrogens is 2. The molecule has 0 amide bonds. The van der Waals surface area contributed by atoms with E-state index in [1.165, 1.54) is 28.6 Å². The lowest BCUT2D eigenvalue weighted by Gasteiger charge is -2.20. The fourth-order valence-corrected chi connectivity index (χ4v) is 5.30. The van der Waals surface area contributed by atoms with Crippen LogP contribution in [-0.2, 0) is 12.6 Å². The lowest BCUT2D eigenvalue weighted by Crippen LogP contribution is -2.25. The van der Waals surface area contributed by atoms with Crippen molar-refractivity contribution in [3.8, 4) is 17.2 Å². The van der Waals surface area contributed by atoms with E-state index >= 15 is 0 Å². The van der Waals surface area contributed by atoms with Crippen LogP contribution in [0.3, 0.4) is 0 Å². The van der Waals surface area contributed by atoms with Crippen molar-refractivity contribution in [1.82, 2.24) is 9.78 Å². The fourth-order valence-electron chi connectivity index (χ4n) is 4.26. The van der Waals surface area contributed by atoms with Gasteiger partial charge in [0.15, 0.2) is 17.2 Å². The maximum absolute atomic E-state index is 13.6. The van der Waals surface area contributed by atoms with Crippen LogP contribution in [-0.4, -0.2) is 21.2 Å². The SMILES string of the molecule is CC(Sc1cccc(-n2nc(C(F)(F)F)c3c2C(O)CCC3)c1)c1ccc2c(c1)OC(F)(F)O2. The minimum atomic E-state index is -4.62. The first-order valence-electron chi connectivity index (χ1n) is 10.6. The van der Waals surface area contributed by atoms with Gasteiger partial charge in [-0.05, 0) is 62.1 Å². The van der Waals surface area contributed by atoms with Crippen molar-refractivity contribution in [2.24, 2.45) is 0 Å². The molecule has 0 bridgehead atoms. The highest BCUT2D eigenvalue weighted by Gasteiger charge is 2.44. The van der Waals surface area contributed by atoms with Gasteiger partial charge in [0.05, 0.1) is 17.5 Å². The normalized spacial score (nSPS) is 19.7. The number of hydrogen-bond acceptors (Lipinski definition) is 5. The summed E-state index contributed by atoms with van der Waals surface area (Å²) in [5, 5.41) is 14.1. The van der Waals surface area contributed by atoms with Crippen molar-refractivity contribution in [1.29, 1.82) is 0 Å². The molecule has 11 heteroatoms. The maximum atomic E-state index is 13.6. The third kappa shape index (κ3) is 4.22. The van der Waals surface area contributed by atoms with E-state index in [1.807, 2.05) is 6.92 Å². The van der Waals surface area contributed by atoms with Crippen molar-refractivity contribution in [3.63, 3.8) is 0 Å². The molecule has 1 aliphatic heterocycles. The van der Waals surface area contributed by atoms with Gasteiger partial charge in [-0.1, -0.05) is 12.1 Å². The first-order chi connectivity index (χ1) is 16.0. The van der Waals surface area contributed by atoms with Gasteiger partial charge < -0.3 is 14.6 Å². The molecule has 0 fully saturated rings. The van der Waals surface area contributed by atoms with E-state index in [0.717, 1.165) is 4.90 Å². The molecule has 34 heavy (non-hydrogen) atoms. The first kappa shape index (κ1) is 23.0.